The van der Waals surface area contributed by atoms with E-state index in [1.54, 1.807) is 0 Å². The minimum atomic E-state index is 0.0940. The number of nitrogens with zero attached hydrogens (tertiary/aromatic N) is 2. The lowest BCUT2D eigenvalue weighted by Gasteiger charge is -2.36. The highest BCUT2D eigenvalue weighted by Gasteiger charge is 2.42. The van der Waals surface area contributed by atoms with Gasteiger partial charge >= 0.3 is 0 Å². The number of fused-ring (bicyclic) bond motifs is 1. The molecule has 3 N–H and O–H groups in total. The standard InChI is InChI=1S/C21H39N5O3/c1-25(2)19-8-6-15(11-22-19)20-23-21(29-24-20)16-4-3-9-26(16)12-14-5-7-17-18(10-14)28-13-27-17/h14-24H,3-13H2,1-2H3/t14?,15?,16-,17?,18?,19?,20?,21?/m1/s1. The van der Waals surface area contributed by atoms with E-state index in [4.69, 9.17) is 14.3 Å². The van der Waals surface area contributed by atoms with Gasteiger partial charge in [0.15, 0.2) is 0 Å². The van der Waals surface area contributed by atoms with Crippen molar-refractivity contribution in [2.75, 3.05) is 40.5 Å². The summed E-state index contributed by atoms with van der Waals surface area (Å²) in [6.07, 6.45) is 9.97. The minimum Gasteiger partial charge on any atom is -0.349 e. The van der Waals surface area contributed by atoms with Crippen LogP contribution in [0.1, 0.15) is 44.9 Å². The van der Waals surface area contributed by atoms with Crippen molar-refractivity contribution < 1.29 is 14.3 Å². The van der Waals surface area contributed by atoms with Crippen LogP contribution in [0, 0.1) is 11.8 Å². The van der Waals surface area contributed by atoms with Gasteiger partial charge in [-0.2, -0.15) is 5.48 Å². The molecule has 4 aliphatic heterocycles. The quantitative estimate of drug-likeness (QED) is 0.612. The van der Waals surface area contributed by atoms with E-state index in [0.717, 1.165) is 19.4 Å². The summed E-state index contributed by atoms with van der Waals surface area (Å²) in [6.45, 7) is 3.88. The van der Waals surface area contributed by atoms with Crippen molar-refractivity contribution in [3.63, 3.8) is 0 Å². The van der Waals surface area contributed by atoms with E-state index in [2.05, 4.69) is 40.0 Å². The van der Waals surface area contributed by atoms with Crippen LogP contribution < -0.4 is 16.1 Å². The zero-order valence-corrected chi connectivity index (χ0v) is 18.0. The van der Waals surface area contributed by atoms with Crippen LogP contribution in [0.15, 0.2) is 0 Å². The van der Waals surface area contributed by atoms with Gasteiger partial charge in [0.1, 0.15) is 13.0 Å². The zero-order chi connectivity index (χ0) is 19.8. The Balaban J connectivity index is 1.11. The molecule has 8 atom stereocenters. The number of hydrogen-bond acceptors (Lipinski definition) is 8. The van der Waals surface area contributed by atoms with E-state index in [1.807, 2.05) is 0 Å². The van der Waals surface area contributed by atoms with Crippen molar-refractivity contribution in [3.05, 3.63) is 0 Å². The number of hydroxylamine groups is 1. The highest BCUT2D eigenvalue weighted by Crippen LogP contribution is 2.34. The molecule has 166 valence electrons. The van der Waals surface area contributed by atoms with Crippen LogP contribution in [0.25, 0.3) is 0 Å². The molecule has 1 saturated carbocycles. The fourth-order valence-electron chi connectivity index (χ4n) is 6.09. The van der Waals surface area contributed by atoms with Crippen molar-refractivity contribution in [1.82, 2.24) is 25.9 Å². The van der Waals surface area contributed by atoms with Gasteiger partial charge in [-0.1, -0.05) is 0 Å². The molecule has 0 amide bonds. The Morgan fingerprint density at radius 2 is 1.93 bits per heavy atom. The largest absolute Gasteiger partial charge is 0.349 e. The minimum absolute atomic E-state index is 0.0940. The van der Waals surface area contributed by atoms with Gasteiger partial charge in [0.25, 0.3) is 0 Å². The number of hydrogen-bond donors (Lipinski definition) is 3. The molecule has 0 spiro atoms. The molecule has 4 saturated heterocycles. The molecule has 5 aliphatic rings. The lowest BCUT2D eigenvalue weighted by Crippen LogP contribution is -2.54. The molecule has 8 heteroatoms. The van der Waals surface area contributed by atoms with E-state index in [-0.39, 0.29) is 12.4 Å². The molecule has 0 aromatic carbocycles. The number of piperidine rings is 1. The van der Waals surface area contributed by atoms with Gasteiger partial charge in [-0.15, -0.1) is 0 Å². The lowest BCUT2D eigenvalue weighted by atomic mass is 9.85. The van der Waals surface area contributed by atoms with Crippen molar-refractivity contribution in [2.45, 2.75) is 81.8 Å². The van der Waals surface area contributed by atoms with Crippen molar-refractivity contribution in [3.8, 4) is 0 Å². The molecule has 1 aliphatic carbocycles. The Labute approximate surface area is 174 Å². The summed E-state index contributed by atoms with van der Waals surface area (Å²) >= 11 is 0. The molecular formula is C21H39N5O3. The second kappa shape index (κ2) is 9.04. The predicted molar refractivity (Wildman–Crippen MR) is 110 cm³/mol. The monoisotopic (exact) mass is 409 g/mol. The van der Waals surface area contributed by atoms with Crippen molar-refractivity contribution in [2.24, 2.45) is 11.8 Å². The third-order valence-corrected chi connectivity index (χ3v) is 7.85. The molecule has 7 unspecified atom stereocenters. The summed E-state index contributed by atoms with van der Waals surface area (Å²) in [5.41, 5.74) is 3.32. The van der Waals surface area contributed by atoms with Gasteiger partial charge in [-0.05, 0) is 71.5 Å². The lowest BCUT2D eigenvalue weighted by molar-refractivity contribution is -0.0299. The molecule has 0 aromatic rings. The average molecular weight is 410 g/mol. The van der Waals surface area contributed by atoms with Gasteiger partial charge in [0.2, 0.25) is 0 Å². The second-order valence-corrected chi connectivity index (χ2v) is 9.94. The molecule has 0 aromatic heterocycles. The fraction of sp³-hybridized carbons (Fsp3) is 1.00. The van der Waals surface area contributed by atoms with Crippen LogP contribution in [0.3, 0.4) is 0 Å². The average Bonchev–Trinajstić information content (AvgIpc) is 3.48. The van der Waals surface area contributed by atoms with Gasteiger partial charge in [-0.3, -0.25) is 20.0 Å². The molecule has 0 radical (unpaired) electrons. The van der Waals surface area contributed by atoms with Crippen LogP contribution in [-0.2, 0) is 14.3 Å². The maximum atomic E-state index is 6.08. The molecule has 4 heterocycles. The fourth-order valence-corrected chi connectivity index (χ4v) is 6.09. The second-order valence-electron chi connectivity index (χ2n) is 9.94. The molecule has 5 rings (SSSR count). The normalized spacial score (nSPS) is 46.4. The summed E-state index contributed by atoms with van der Waals surface area (Å²) in [7, 11) is 4.30. The summed E-state index contributed by atoms with van der Waals surface area (Å²) in [5.74, 6) is 1.29. The first-order valence-electron chi connectivity index (χ1n) is 11.7. The van der Waals surface area contributed by atoms with Crippen LogP contribution in [0.5, 0.6) is 0 Å². The van der Waals surface area contributed by atoms with Gasteiger partial charge in [0.05, 0.1) is 30.6 Å². The highest BCUT2D eigenvalue weighted by molar-refractivity contribution is 4.93. The Kier molecular flexibility index (Phi) is 6.42. The maximum absolute atomic E-state index is 6.08. The highest BCUT2D eigenvalue weighted by atomic mass is 16.7. The van der Waals surface area contributed by atoms with E-state index < -0.39 is 0 Å². The first-order valence-corrected chi connectivity index (χ1v) is 11.7. The zero-order valence-electron chi connectivity index (χ0n) is 18.0. The van der Waals surface area contributed by atoms with E-state index in [1.165, 1.54) is 45.2 Å². The first-order chi connectivity index (χ1) is 14.2. The summed E-state index contributed by atoms with van der Waals surface area (Å²) in [6, 6.07) is 0.469. The Bertz CT molecular complexity index is 544. The SMILES string of the molecule is CN(C)C1CCC(C2NOC([C@H]3CCCN3CC3CCC4OCOC4C3)N2)CN1. The predicted octanol–water partition coefficient (Wildman–Crippen LogP) is 0.656. The molecule has 5 fully saturated rings. The third-order valence-electron chi connectivity index (χ3n) is 7.85. The van der Waals surface area contributed by atoms with Gasteiger partial charge < -0.3 is 14.8 Å². The van der Waals surface area contributed by atoms with Gasteiger partial charge in [-0.25, -0.2) is 0 Å². The van der Waals surface area contributed by atoms with Crippen LogP contribution in [0.2, 0.25) is 0 Å². The number of ether oxygens (including phenoxy) is 2. The summed E-state index contributed by atoms with van der Waals surface area (Å²) < 4.78 is 11.5. The van der Waals surface area contributed by atoms with Crippen LogP contribution >= 0.6 is 0 Å². The van der Waals surface area contributed by atoms with Crippen molar-refractivity contribution in [1.29, 1.82) is 0 Å². The number of likely N-dealkylation sites (tertiary alicyclic amines) is 1. The summed E-state index contributed by atoms with van der Waals surface area (Å²) in [4.78, 5) is 11.0. The van der Waals surface area contributed by atoms with Gasteiger partial charge in [0, 0.05) is 19.0 Å². The molecule has 29 heavy (non-hydrogen) atoms. The molecule has 8 nitrogen and oxygen atoms in total. The van der Waals surface area contributed by atoms with E-state index in [9.17, 15) is 0 Å². The van der Waals surface area contributed by atoms with Crippen molar-refractivity contribution >= 4 is 0 Å². The van der Waals surface area contributed by atoms with E-state index in [0.29, 0.717) is 43.0 Å². The summed E-state index contributed by atoms with van der Waals surface area (Å²) in [5, 5.41) is 7.45. The third kappa shape index (κ3) is 4.50. The van der Waals surface area contributed by atoms with Crippen LogP contribution in [0.4, 0.5) is 0 Å². The van der Waals surface area contributed by atoms with E-state index >= 15 is 0 Å². The molecule has 0 bridgehead atoms. The Morgan fingerprint density at radius 1 is 1.03 bits per heavy atom. The topological polar surface area (TPSA) is 70.3 Å². The number of nitrogens with one attached hydrogen (secondary N) is 3. The molecular weight excluding hydrogens is 370 g/mol. The maximum Gasteiger partial charge on any atom is 0.147 e. The Hall–Kier alpha value is -0.320. The smallest absolute Gasteiger partial charge is 0.147 e. The Morgan fingerprint density at radius 3 is 2.76 bits per heavy atom. The first kappa shape index (κ1) is 20.6. The number of rotatable bonds is 5. The van der Waals surface area contributed by atoms with Crippen LogP contribution in [-0.4, -0.2) is 87.1 Å².